The number of rotatable bonds is 6. The summed E-state index contributed by atoms with van der Waals surface area (Å²) in [6, 6.07) is 16.9. The molecule has 2 heterocycles. The quantitative estimate of drug-likeness (QED) is 0.430. The van der Waals surface area contributed by atoms with Crippen LogP contribution < -0.4 is 15.4 Å². The van der Waals surface area contributed by atoms with Gasteiger partial charge in [0.05, 0.1) is 17.0 Å². The van der Waals surface area contributed by atoms with E-state index in [1.54, 1.807) is 30.5 Å². The highest BCUT2D eigenvalue weighted by Gasteiger charge is 2.35. The van der Waals surface area contributed by atoms with E-state index in [2.05, 4.69) is 21.7 Å². The molecule has 2 N–H and O–H groups in total. The number of pyridine rings is 2. The first kappa shape index (κ1) is 23.0. The Balaban J connectivity index is 0.00000289. The number of halogens is 1. The number of carbonyl (C=O) groups excluding carboxylic acids is 1. The summed E-state index contributed by atoms with van der Waals surface area (Å²) in [5.74, 6) is 0.189. The van der Waals surface area contributed by atoms with Crippen LogP contribution in [0.4, 0.5) is 11.5 Å². The topological polar surface area (TPSA) is 105 Å². The van der Waals surface area contributed by atoms with Crippen LogP contribution in [0.2, 0.25) is 0 Å². The number of benzene rings is 1. The molecule has 0 spiro atoms. The Kier molecular flexibility index (Phi) is 7.29. The summed E-state index contributed by atoms with van der Waals surface area (Å²) in [5.41, 5.74) is 2.60. The monoisotopic (exact) mass is 449 g/mol. The highest BCUT2D eigenvalue weighted by Crippen LogP contribution is 2.40. The molecule has 1 saturated carbocycles. The lowest BCUT2D eigenvalue weighted by atomic mass is 9.80. The number of aromatic nitrogens is 2. The van der Waals surface area contributed by atoms with Crippen molar-refractivity contribution in [2.75, 3.05) is 10.6 Å². The summed E-state index contributed by atoms with van der Waals surface area (Å²) in [4.78, 5) is 17.1. The van der Waals surface area contributed by atoms with Gasteiger partial charge in [-0.05, 0) is 48.2 Å². The van der Waals surface area contributed by atoms with Gasteiger partial charge in [0.1, 0.15) is 5.82 Å². The molecule has 0 unspecified atom stereocenters. The van der Waals surface area contributed by atoms with Crippen molar-refractivity contribution in [1.29, 1.82) is 5.26 Å². The first-order chi connectivity index (χ1) is 15.1. The summed E-state index contributed by atoms with van der Waals surface area (Å²) in [7, 11) is 0. The van der Waals surface area contributed by atoms with E-state index >= 15 is 0 Å². The second-order valence-electron chi connectivity index (χ2n) is 7.75. The third kappa shape index (κ3) is 4.98. The number of anilines is 2. The molecule has 1 amide bonds. The summed E-state index contributed by atoms with van der Waals surface area (Å²) in [5, 5.41) is 26.9. The molecule has 2 aromatic heterocycles. The zero-order valence-corrected chi connectivity index (χ0v) is 18.3. The van der Waals surface area contributed by atoms with Gasteiger partial charge in [0, 0.05) is 30.6 Å². The largest absolute Gasteiger partial charge is 0.619 e. The predicted octanol–water partition coefficient (Wildman–Crippen LogP) is 4.34. The Labute approximate surface area is 193 Å². The van der Waals surface area contributed by atoms with E-state index in [4.69, 9.17) is 0 Å². The van der Waals surface area contributed by atoms with E-state index in [9.17, 15) is 15.3 Å². The van der Waals surface area contributed by atoms with Crippen LogP contribution in [0.1, 0.15) is 47.2 Å². The maximum atomic E-state index is 12.9. The minimum absolute atomic E-state index is 0. The van der Waals surface area contributed by atoms with Gasteiger partial charge in [-0.2, -0.15) is 9.99 Å². The lowest BCUT2D eigenvalue weighted by Gasteiger charge is -2.21. The summed E-state index contributed by atoms with van der Waals surface area (Å²) < 4.78 is 0.722. The van der Waals surface area contributed by atoms with Gasteiger partial charge in [0.25, 0.3) is 5.91 Å². The molecule has 0 bridgehead atoms. The van der Waals surface area contributed by atoms with Crippen molar-refractivity contribution >= 4 is 29.8 Å². The third-order valence-electron chi connectivity index (χ3n) is 5.75. The van der Waals surface area contributed by atoms with Crippen molar-refractivity contribution in [3.63, 3.8) is 0 Å². The molecule has 0 atom stereocenters. The Morgan fingerprint density at radius 3 is 2.47 bits per heavy atom. The number of amides is 1. The first-order valence-electron chi connectivity index (χ1n) is 10.3. The SMILES string of the molecule is Cl.N#CC1(c2ccc(NC(=O)c3cccnc3NCc3cc[n+]([O-])cc3)cc2)CCCC1. The molecule has 1 fully saturated rings. The van der Waals surface area contributed by atoms with Gasteiger partial charge in [0.2, 0.25) is 0 Å². The second-order valence-corrected chi connectivity index (χ2v) is 7.75. The maximum Gasteiger partial charge on any atom is 0.259 e. The number of hydrogen-bond acceptors (Lipinski definition) is 5. The summed E-state index contributed by atoms with van der Waals surface area (Å²) in [6.45, 7) is 0.434. The number of carbonyl (C=O) groups is 1. The smallest absolute Gasteiger partial charge is 0.259 e. The standard InChI is InChI=1S/C24H23N5O2.ClH/c25-17-24(11-1-2-12-24)19-5-7-20(8-6-19)28-23(30)21-4-3-13-26-22(21)27-16-18-9-14-29(31)15-10-18;/h3-10,13-15H,1-2,11-12,16H2,(H,26,27)(H,28,30);1H. The fourth-order valence-electron chi connectivity index (χ4n) is 3.99. The van der Waals surface area contributed by atoms with Crippen LogP contribution in [0.5, 0.6) is 0 Å². The number of hydrogen-bond donors (Lipinski definition) is 2. The van der Waals surface area contributed by atoms with Gasteiger partial charge in [0.15, 0.2) is 12.4 Å². The number of nitriles is 1. The minimum Gasteiger partial charge on any atom is -0.619 e. The van der Waals surface area contributed by atoms with E-state index in [1.165, 1.54) is 12.4 Å². The Morgan fingerprint density at radius 2 is 1.81 bits per heavy atom. The van der Waals surface area contributed by atoms with Gasteiger partial charge < -0.3 is 15.8 Å². The molecule has 164 valence electrons. The molecule has 8 heteroatoms. The Bertz CT molecular complexity index is 1100. The van der Waals surface area contributed by atoms with E-state index in [0.29, 0.717) is 23.6 Å². The van der Waals surface area contributed by atoms with Crippen molar-refractivity contribution in [2.24, 2.45) is 0 Å². The van der Waals surface area contributed by atoms with Gasteiger partial charge >= 0.3 is 0 Å². The lowest BCUT2D eigenvalue weighted by molar-refractivity contribution is -0.605. The molecule has 32 heavy (non-hydrogen) atoms. The Hall–Kier alpha value is -3.63. The second kappa shape index (κ2) is 10.1. The van der Waals surface area contributed by atoms with Crippen LogP contribution in [0.3, 0.4) is 0 Å². The first-order valence-corrected chi connectivity index (χ1v) is 10.3. The third-order valence-corrected chi connectivity index (χ3v) is 5.75. The van der Waals surface area contributed by atoms with Gasteiger partial charge in [-0.1, -0.05) is 25.0 Å². The zero-order valence-electron chi connectivity index (χ0n) is 17.5. The van der Waals surface area contributed by atoms with Crippen molar-refractivity contribution in [3.8, 4) is 6.07 Å². The van der Waals surface area contributed by atoms with E-state index in [-0.39, 0.29) is 18.3 Å². The maximum absolute atomic E-state index is 12.9. The van der Waals surface area contributed by atoms with Crippen LogP contribution in [-0.4, -0.2) is 10.9 Å². The zero-order chi connectivity index (χ0) is 21.7. The van der Waals surface area contributed by atoms with E-state index < -0.39 is 5.41 Å². The highest BCUT2D eigenvalue weighted by molar-refractivity contribution is 6.07. The summed E-state index contributed by atoms with van der Waals surface area (Å²) >= 11 is 0. The number of nitrogens with one attached hydrogen (secondary N) is 2. The average Bonchev–Trinajstić information content (AvgIpc) is 3.30. The molecule has 1 aliphatic rings. The normalized spacial score (nSPS) is 14.1. The molecule has 1 aromatic carbocycles. The molecular formula is C24H24ClN5O2. The Morgan fingerprint density at radius 1 is 1.12 bits per heavy atom. The fraction of sp³-hybridized carbons (Fsp3) is 0.250. The van der Waals surface area contributed by atoms with Crippen LogP contribution >= 0.6 is 12.4 Å². The molecule has 1 aliphatic carbocycles. The van der Waals surface area contributed by atoms with E-state index in [1.807, 2.05) is 24.3 Å². The van der Waals surface area contributed by atoms with Crippen molar-refractivity contribution in [1.82, 2.24) is 4.98 Å². The average molecular weight is 450 g/mol. The molecular weight excluding hydrogens is 426 g/mol. The molecule has 7 nitrogen and oxygen atoms in total. The highest BCUT2D eigenvalue weighted by atomic mass is 35.5. The fourth-order valence-corrected chi connectivity index (χ4v) is 3.99. The molecule has 4 rings (SSSR count). The number of nitrogens with zero attached hydrogens (tertiary/aromatic N) is 3. The minimum atomic E-state index is -0.397. The molecule has 0 aliphatic heterocycles. The molecule has 0 radical (unpaired) electrons. The van der Waals surface area contributed by atoms with Crippen molar-refractivity contribution in [2.45, 2.75) is 37.6 Å². The van der Waals surface area contributed by atoms with Crippen LogP contribution in [-0.2, 0) is 12.0 Å². The van der Waals surface area contributed by atoms with Gasteiger partial charge in [-0.15, -0.1) is 12.4 Å². The van der Waals surface area contributed by atoms with Crippen molar-refractivity contribution < 1.29 is 9.52 Å². The van der Waals surface area contributed by atoms with Crippen LogP contribution in [0.15, 0.2) is 67.1 Å². The molecule has 0 saturated heterocycles. The molecule has 3 aromatic rings. The predicted molar refractivity (Wildman–Crippen MR) is 124 cm³/mol. The van der Waals surface area contributed by atoms with Crippen LogP contribution in [0.25, 0.3) is 0 Å². The van der Waals surface area contributed by atoms with Crippen molar-refractivity contribution in [3.05, 3.63) is 89.0 Å². The lowest BCUT2D eigenvalue weighted by Crippen LogP contribution is -2.24. The van der Waals surface area contributed by atoms with Crippen LogP contribution in [0, 0.1) is 16.5 Å². The van der Waals surface area contributed by atoms with Gasteiger partial charge in [-0.25, -0.2) is 4.98 Å². The van der Waals surface area contributed by atoms with E-state index in [0.717, 1.165) is 41.5 Å². The summed E-state index contributed by atoms with van der Waals surface area (Å²) in [6.07, 6.45) is 8.38. The van der Waals surface area contributed by atoms with Gasteiger partial charge in [-0.3, -0.25) is 4.79 Å².